The van der Waals surface area contributed by atoms with Gasteiger partial charge in [-0.25, -0.2) is 17.2 Å². The van der Waals surface area contributed by atoms with Crippen LogP contribution in [-0.2, 0) is 10.0 Å². The molecule has 2 amide bonds. The third-order valence-corrected chi connectivity index (χ3v) is 9.34. The largest absolute Gasteiger partial charge is 0.507 e. The second-order valence-electron chi connectivity index (χ2n) is 9.20. The summed E-state index contributed by atoms with van der Waals surface area (Å²) in [7, 11) is -4.18. The first-order valence-electron chi connectivity index (χ1n) is 11.1. The minimum Gasteiger partial charge on any atom is -0.507 e. The van der Waals surface area contributed by atoms with Crippen molar-refractivity contribution in [2.24, 2.45) is 5.73 Å². The van der Waals surface area contributed by atoms with Crippen LogP contribution in [0.1, 0.15) is 84.2 Å². The maximum atomic E-state index is 13.5. The molecule has 4 N–H and O–H groups in total. The molecule has 1 aliphatic heterocycles. The molecule has 0 bridgehead atoms. The van der Waals surface area contributed by atoms with Crippen LogP contribution in [0.4, 0.5) is 13.8 Å². The van der Waals surface area contributed by atoms with Gasteiger partial charge in [0.15, 0.2) is 0 Å². The zero-order valence-electron chi connectivity index (χ0n) is 19.9. The van der Waals surface area contributed by atoms with Gasteiger partial charge in [0, 0.05) is 25.9 Å². The van der Waals surface area contributed by atoms with E-state index in [0.717, 1.165) is 15.9 Å². The number of sulfonamides is 1. The first-order chi connectivity index (χ1) is 16.1. The van der Waals surface area contributed by atoms with Crippen molar-refractivity contribution in [3.8, 4) is 5.75 Å². The molecule has 1 aromatic heterocycles. The topological polar surface area (TPSA) is 130 Å². The summed E-state index contributed by atoms with van der Waals surface area (Å²) in [6, 6.07) is 4.41. The molecule has 3 rings (SSSR count). The molecule has 0 spiro atoms. The third kappa shape index (κ3) is 5.65. The number of aromatic hydroxyl groups is 1. The standard InChI is InChI=1S/C23H29F2N3O5S2/c1-12(2)14-9-15(13(3)4)19(29)16(10-14)21(31)27-22-17(20(26)30)11-18(34-22)35(32,33)28-7-5-23(24,25)6-8-28/h9-13,29H,5-8H2,1-4H3,(H2,26,30)(H,27,31). The molecule has 0 aliphatic carbocycles. The zero-order chi connectivity index (χ0) is 26.3. The van der Waals surface area contributed by atoms with Crippen LogP contribution in [-0.4, -0.2) is 48.7 Å². The quantitative estimate of drug-likeness (QED) is 0.487. The van der Waals surface area contributed by atoms with E-state index in [2.05, 4.69) is 5.32 Å². The molecule has 2 heterocycles. The van der Waals surface area contributed by atoms with Crippen molar-refractivity contribution in [3.05, 3.63) is 40.5 Å². The van der Waals surface area contributed by atoms with E-state index >= 15 is 0 Å². The summed E-state index contributed by atoms with van der Waals surface area (Å²) in [6.07, 6.45) is -1.21. The SMILES string of the molecule is CC(C)c1cc(C(=O)Nc2sc(S(=O)(=O)N3CCC(F)(F)CC3)cc2C(N)=O)c(O)c(C(C)C)c1. The summed E-state index contributed by atoms with van der Waals surface area (Å²) < 4.78 is 53.7. The Bertz CT molecular complexity index is 1250. The van der Waals surface area contributed by atoms with Gasteiger partial charge in [0.25, 0.3) is 27.8 Å². The molecule has 1 aliphatic rings. The van der Waals surface area contributed by atoms with Crippen LogP contribution in [0.3, 0.4) is 0 Å². The molecule has 1 aromatic carbocycles. The number of thiophene rings is 1. The van der Waals surface area contributed by atoms with Gasteiger partial charge >= 0.3 is 0 Å². The number of primary amides is 1. The number of hydrogen-bond acceptors (Lipinski definition) is 6. The smallest absolute Gasteiger partial charge is 0.260 e. The molecular formula is C23H29F2N3O5S2. The highest BCUT2D eigenvalue weighted by Gasteiger charge is 2.39. The molecule has 0 atom stereocenters. The molecule has 2 aromatic rings. The van der Waals surface area contributed by atoms with E-state index < -0.39 is 40.6 Å². The van der Waals surface area contributed by atoms with E-state index in [-0.39, 0.29) is 51.0 Å². The number of nitrogens with one attached hydrogen (secondary N) is 1. The van der Waals surface area contributed by atoms with Gasteiger partial charge in [0.05, 0.1) is 11.1 Å². The summed E-state index contributed by atoms with van der Waals surface area (Å²) >= 11 is 0.607. The number of amides is 2. The van der Waals surface area contributed by atoms with Gasteiger partial charge in [-0.3, -0.25) is 9.59 Å². The van der Waals surface area contributed by atoms with Crippen molar-refractivity contribution in [3.63, 3.8) is 0 Å². The number of phenols is 1. The fraction of sp³-hybridized carbons (Fsp3) is 0.478. The number of phenolic OH excluding ortho intramolecular Hbond substituents is 1. The van der Waals surface area contributed by atoms with Crippen molar-refractivity contribution < 1.29 is 31.9 Å². The molecule has 0 saturated carbocycles. The lowest BCUT2D eigenvalue weighted by molar-refractivity contribution is -0.0411. The van der Waals surface area contributed by atoms with Crippen molar-refractivity contribution >= 4 is 38.2 Å². The first kappa shape index (κ1) is 27.0. The Hall–Kier alpha value is -2.57. The second-order valence-corrected chi connectivity index (χ2v) is 12.4. The van der Waals surface area contributed by atoms with E-state index in [9.17, 15) is 31.9 Å². The summed E-state index contributed by atoms with van der Waals surface area (Å²) in [6.45, 7) is 6.90. The van der Waals surface area contributed by atoms with E-state index in [0.29, 0.717) is 16.9 Å². The number of nitrogens with two attached hydrogens (primary N) is 1. The molecular weight excluding hydrogens is 500 g/mol. The summed E-state index contributed by atoms with van der Waals surface area (Å²) in [4.78, 5) is 25.1. The van der Waals surface area contributed by atoms with Gasteiger partial charge < -0.3 is 16.2 Å². The summed E-state index contributed by atoms with van der Waals surface area (Å²) in [5, 5.41) is 13.1. The molecule has 12 heteroatoms. The van der Waals surface area contributed by atoms with Crippen LogP contribution in [0, 0.1) is 0 Å². The first-order valence-corrected chi connectivity index (χ1v) is 13.4. The van der Waals surface area contributed by atoms with Gasteiger partial charge in [0.2, 0.25) is 0 Å². The lowest BCUT2D eigenvalue weighted by Gasteiger charge is -2.30. The average molecular weight is 530 g/mol. The third-order valence-electron chi connectivity index (χ3n) is 5.95. The van der Waals surface area contributed by atoms with Crippen molar-refractivity contribution in [1.82, 2.24) is 4.31 Å². The predicted molar refractivity (Wildman–Crippen MR) is 130 cm³/mol. The van der Waals surface area contributed by atoms with Gasteiger partial charge in [-0.15, -0.1) is 11.3 Å². The van der Waals surface area contributed by atoms with Crippen LogP contribution in [0.5, 0.6) is 5.75 Å². The Kier molecular flexibility index (Phi) is 7.59. The number of nitrogens with zero attached hydrogens (tertiary/aromatic N) is 1. The highest BCUT2D eigenvalue weighted by atomic mass is 32.2. The maximum absolute atomic E-state index is 13.5. The monoisotopic (exact) mass is 529 g/mol. The Morgan fingerprint density at radius 1 is 1.09 bits per heavy atom. The number of hydrogen-bond donors (Lipinski definition) is 3. The van der Waals surface area contributed by atoms with Crippen molar-refractivity contribution in [1.29, 1.82) is 0 Å². The molecule has 1 fully saturated rings. The maximum Gasteiger partial charge on any atom is 0.260 e. The van der Waals surface area contributed by atoms with Crippen LogP contribution < -0.4 is 11.1 Å². The summed E-state index contributed by atoms with van der Waals surface area (Å²) in [5.41, 5.74) is 6.56. The van der Waals surface area contributed by atoms with Crippen molar-refractivity contribution in [2.75, 3.05) is 18.4 Å². The van der Waals surface area contributed by atoms with Crippen LogP contribution in [0.25, 0.3) is 0 Å². The molecule has 0 unspecified atom stereocenters. The van der Waals surface area contributed by atoms with E-state index in [1.165, 1.54) is 0 Å². The fourth-order valence-corrected chi connectivity index (χ4v) is 6.71. The highest BCUT2D eigenvalue weighted by molar-refractivity contribution is 7.91. The van der Waals surface area contributed by atoms with Crippen molar-refractivity contribution in [2.45, 2.75) is 62.5 Å². The average Bonchev–Trinajstić information content (AvgIpc) is 3.18. The van der Waals surface area contributed by atoms with Gasteiger partial charge in [-0.1, -0.05) is 33.8 Å². The number of anilines is 1. The van der Waals surface area contributed by atoms with Crippen LogP contribution in [0.15, 0.2) is 22.4 Å². The highest BCUT2D eigenvalue weighted by Crippen LogP contribution is 2.38. The lowest BCUT2D eigenvalue weighted by atomic mass is 9.91. The van der Waals surface area contributed by atoms with Gasteiger partial charge in [0.1, 0.15) is 15.0 Å². The number of alkyl halides is 2. The molecule has 35 heavy (non-hydrogen) atoms. The fourth-order valence-electron chi connectivity index (χ4n) is 3.75. The van der Waals surface area contributed by atoms with Gasteiger partial charge in [-0.2, -0.15) is 4.31 Å². The second kappa shape index (κ2) is 9.82. The molecule has 192 valence electrons. The zero-order valence-corrected chi connectivity index (χ0v) is 21.5. The lowest BCUT2D eigenvalue weighted by Crippen LogP contribution is -2.42. The number of rotatable bonds is 7. The summed E-state index contributed by atoms with van der Waals surface area (Å²) in [5.74, 6) is -4.85. The van der Waals surface area contributed by atoms with E-state index in [1.807, 2.05) is 33.8 Å². The van der Waals surface area contributed by atoms with Crippen LogP contribution in [0.2, 0.25) is 0 Å². The molecule has 0 radical (unpaired) electrons. The Balaban J connectivity index is 1.97. The van der Waals surface area contributed by atoms with E-state index in [1.54, 1.807) is 6.07 Å². The molecule has 8 nitrogen and oxygen atoms in total. The number of piperidine rings is 1. The molecule has 1 saturated heterocycles. The number of carbonyl (C=O) groups is 2. The number of benzene rings is 1. The minimum atomic E-state index is -4.18. The Morgan fingerprint density at radius 2 is 1.69 bits per heavy atom. The normalized spacial score (nSPS) is 16.6. The predicted octanol–water partition coefficient (Wildman–Crippen LogP) is 4.47. The Morgan fingerprint density at radius 3 is 2.20 bits per heavy atom. The van der Waals surface area contributed by atoms with Crippen LogP contribution >= 0.6 is 11.3 Å². The number of carbonyl (C=O) groups excluding carboxylic acids is 2. The number of halogens is 2. The van der Waals surface area contributed by atoms with E-state index in [4.69, 9.17) is 5.73 Å². The Labute approximate surface area is 207 Å². The minimum absolute atomic E-state index is 0.0219. The van der Waals surface area contributed by atoms with Gasteiger partial charge in [-0.05, 0) is 35.1 Å².